The number of anilines is 2. The number of thiazole rings is 1. The third-order valence-electron chi connectivity index (χ3n) is 3.77. The van der Waals surface area contributed by atoms with Crippen LogP contribution in [0.3, 0.4) is 0 Å². The smallest absolute Gasteiger partial charge is 0.357 e. The quantitative estimate of drug-likeness (QED) is 0.816. The van der Waals surface area contributed by atoms with E-state index in [1.165, 1.54) is 6.42 Å². The molecule has 3 rings (SSSR count). The van der Waals surface area contributed by atoms with Gasteiger partial charge in [-0.1, -0.05) is 0 Å². The Labute approximate surface area is 149 Å². The molecule has 1 aliphatic heterocycles. The van der Waals surface area contributed by atoms with Crippen LogP contribution in [0.25, 0.3) is 0 Å². The average Bonchev–Trinajstić information content (AvgIpc) is 3.11. The topological polar surface area (TPSA) is 97.3 Å². The minimum atomic E-state index is -0.509. The van der Waals surface area contributed by atoms with Crippen molar-refractivity contribution in [3.63, 3.8) is 0 Å². The number of piperidine rings is 1. The summed E-state index contributed by atoms with van der Waals surface area (Å²) in [5, 5.41) is 12.6. The van der Waals surface area contributed by atoms with E-state index < -0.39 is 11.9 Å². The van der Waals surface area contributed by atoms with E-state index in [4.69, 9.17) is 4.74 Å². The van der Waals surface area contributed by atoms with Crippen molar-refractivity contribution in [3.05, 3.63) is 28.9 Å². The highest BCUT2D eigenvalue weighted by atomic mass is 32.1. The van der Waals surface area contributed by atoms with Crippen LogP contribution in [-0.2, 0) is 4.74 Å². The van der Waals surface area contributed by atoms with Crippen LogP contribution >= 0.6 is 11.3 Å². The maximum absolute atomic E-state index is 12.2. The minimum absolute atomic E-state index is 0.175. The molecule has 9 heteroatoms. The fourth-order valence-corrected chi connectivity index (χ4v) is 3.20. The maximum Gasteiger partial charge on any atom is 0.357 e. The van der Waals surface area contributed by atoms with Crippen LogP contribution in [0.5, 0.6) is 0 Å². The molecule has 1 saturated heterocycles. The van der Waals surface area contributed by atoms with Gasteiger partial charge in [0.05, 0.1) is 6.61 Å². The van der Waals surface area contributed by atoms with Crippen molar-refractivity contribution in [1.29, 1.82) is 0 Å². The van der Waals surface area contributed by atoms with Gasteiger partial charge in [-0.15, -0.1) is 21.5 Å². The number of amides is 1. The van der Waals surface area contributed by atoms with Crippen LogP contribution in [0, 0.1) is 0 Å². The van der Waals surface area contributed by atoms with E-state index in [9.17, 15) is 9.59 Å². The van der Waals surface area contributed by atoms with Gasteiger partial charge >= 0.3 is 5.97 Å². The molecule has 0 spiro atoms. The number of carbonyl (C=O) groups excluding carboxylic acids is 2. The zero-order chi connectivity index (χ0) is 17.6. The van der Waals surface area contributed by atoms with E-state index in [0.717, 1.165) is 43.1 Å². The molecular weight excluding hydrogens is 342 g/mol. The summed E-state index contributed by atoms with van der Waals surface area (Å²) in [6, 6.07) is 3.45. The van der Waals surface area contributed by atoms with Crippen LogP contribution in [0.2, 0.25) is 0 Å². The van der Waals surface area contributed by atoms with Crippen molar-refractivity contribution in [2.45, 2.75) is 26.2 Å². The number of nitrogens with one attached hydrogen (secondary N) is 1. The highest BCUT2D eigenvalue weighted by Gasteiger charge is 2.16. The first-order valence-corrected chi connectivity index (χ1v) is 9.08. The van der Waals surface area contributed by atoms with E-state index in [0.29, 0.717) is 5.13 Å². The molecule has 0 atom stereocenters. The zero-order valence-corrected chi connectivity index (χ0v) is 14.7. The first-order chi connectivity index (χ1) is 12.2. The number of carbonyl (C=O) groups is 2. The Hall–Kier alpha value is -2.55. The summed E-state index contributed by atoms with van der Waals surface area (Å²) in [6.07, 6.45) is 3.54. The summed E-state index contributed by atoms with van der Waals surface area (Å²) in [4.78, 5) is 30.0. The Bertz CT molecular complexity index is 740. The lowest BCUT2D eigenvalue weighted by Gasteiger charge is -2.27. The molecule has 1 N–H and O–H groups in total. The summed E-state index contributed by atoms with van der Waals surface area (Å²) >= 11 is 1.15. The summed E-state index contributed by atoms with van der Waals surface area (Å²) in [5.74, 6) is -0.137. The molecule has 0 aromatic carbocycles. The van der Waals surface area contributed by atoms with Crippen molar-refractivity contribution < 1.29 is 14.3 Å². The van der Waals surface area contributed by atoms with Gasteiger partial charge in [0.2, 0.25) is 0 Å². The molecule has 132 valence electrons. The Morgan fingerprint density at radius 3 is 2.68 bits per heavy atom. The van der Waals surface area contributed by atoms with E-state index in [1.807, 2.05) is 0 Å². The van der Waals surface area contributed by atoms with Crippen LogP contribution in [0.1, 0.15) is 47.2 Å². The van der Waals surface area contributed by atoms with Crippen molar-refractivity contribution in [3.8, 4) is 0 Å². The van der Waals surface area contributed by atoms with Crippen molar-refractivity contribution in [2.75, 3.05) is 29.9 Å². The summed E-state index contributed by atoms with van der Waals surface area (Å²) in [7, 11) is 0. The lowest BCUT2D eigenvalue weighted by atomic mass is 10.1. The van der Waals surface area contributed by atoms with Crippen molar-refractivity contribution in [2.24, 2.45) is 0 Å². The van der Waals surface area contributed by atoms with Gasteiger partial charge in [-0.3, -0.25) is 10.1 Å². The standard InChI is InChI=1S/C16H19N5O3S/c1-2-24-15(23)12-10-25-16(17-12)18-14(22)11-6-7-13(20-19-11)21-8-4-3-5-9-21/h6-7,10H,2-5,8-9H2,1H3,(H,17,18,22). The molecule has 0 aliphatic carbocycles. The van der Waals surface area contributed by atoms with Crippen molar-refractivity contribution in [1.82, 2.24) is 15.2 Å². The molecule has 1 fully saturated rings. The fourth-order valence-electron chi connectivity index (χ4n) is 2.53. The van der Waals surface area contributed by atoms with Gasteiger partial charge in [0.1, 0.15) is 0 Å². The molecule has 0 unspecified atom stereocenters. The lowest BCUT2D eigenvalue weighted by Crippen LogP contribution is -2.30. The van der Waals surface area contributed by atoms with E-state index in [-0.39, 0.29) is 18.0 Å². The normalized spacial score (nSPS) is 14.2. The SMILES string of the molecule is CCOC(=O)c1csc(NC(=O)c2ccc(N3CCCCC3)nn2)n1. The molecule has 0 bridgehead atoms. The number of hydrogen-bond donors (Lipinski definition) is 1. The molecular formula is C16H19N5O3S. The summed E-state index contributed by atoms with van der Waals surface area (Å²) < 4.78 is 4.87. The number of esters is 1. The van der Waals surface area contributed by atoms with Gasteiger partial charge < -0.3 is 9.64 Å². The van der Waals surface area contributed by atoms with Crippen LogP contribution in [0.15, 0.2) is 17.5 Å². The number of ether oxygens (including phenoxy) is 1. The molecule has 1 amide bonds. The number of nitrogens with zero attached hydrogens (tertiary/aromatic N) is 4. The van der Waals surface area contributed by atoms with Gasteiger partial charge in [0.15, 0.2) is 22.3 Å². The van der Waals surface area contributed by atoms with E-state index in [2.05, 4.69) is 25.4 Å². The molecule has 2 aromatic heterocycles. The van der Waals surface area contributed by atoms with Crippen molar-refractivity contribution >= 4 is 34.2 Å². The Morgan fingerprint density at radius 2 is 2.00 bits per heavy atom. The molecule has 3 heterocycles. The Balaban J connectivity index is 1.62. The van der Waals surface area contributed by atoms with Crippen LogP contribution < -0.4 is 10.2 Å². The zero-order valence-electron chi connectivity index (χ0n) is 13.9. The third-order valence-corrected chi connectivity index (χ3v) is 4.53. The second kappa shape index (κ2) is 8.02. The second-order valence-corrected chi connectivity index (χ2v) is 6.40. The first kappa shape index (κ1) is 17.3. The second-order valence-electron chi connectivity index (χ2n) is 5.54. The van der Waals surface area contributed by atoms with Gasteiger partial charge in [-0.2, -0.15) is 0 Å². The predicted octanol–water partition coefficient (Wildman–Crippen LogP) is 2.35. The largest absolute Gasteiger partial charge is 0.461 e. The van der Waals surface area contributed by atoms with Gasteiger partial charge in [0.25, 0.3) is 5.91 Å². The first-order valence-electron chi connectivity index (χ1n) is 8.20. The number of aromatic nitrogens is 3. The molecule has 0 radical (unpaired) electrons. The van der Waals surface area contributed by atoms with Gasteiger partial charge in [0, 0.05) is 18.5 Å². The van der Waals surface area contributed by atoms with Crippen LogP contribution in [0.4, 0.5) is 10.9 Å². The number of hydrogen-bond acceptors (Lipinski definition) is 8. The molecule has 1 aliphatic rings. The monoisotopic (exact) mass is 361 g/mol. The average molecular weight is 361 g/mol. The molecule has 8 nitrogen and oxygen atoms in total. The summed E-state index contributed by atoms with van der Waals surface area (Å²) in [6.45, 7) is 3.93. The Kier molecular flexibility index (Phi) is 5.54. The molecule has 2 aromatic rings. The summed E-state index contributed by atoms with van der Waals surface area (Å²) in [5.41, 5.74) is 0.377. The predicted molar refractivity (Wildman–Crippen MR) is 94.1 cm³/mol. The highest BCUT2D eigenvalue weighted by molar-refractivity contribution is 7.14. The maximum atomic E-state index is 12.2. The molecule has 0 saturated carbocycles. The third kappa shape index (κ3) is 4.30. The minimum Gasteiger partial charge on any atom is -0.461 e. The van der Waals surface area contributed by atoms with Gasteiger partial charge in [-0.05, 0) is 38.3 Å². The van der Waals surface area contributed by atoms with Crippen LogP contribution in [-0.4, -0.2) is 46.8 Å². The van der Waals surface area contributed by atoms with E-state index >= 15 is 0 Å². The Morgan fingerprint density at radius 1 is 1.20 bits per heavy atom. The van der Waals surface area contributed by atoms with E-state index in [1.54, 1.807) is 24.4 Å². The lowest BCUT2D eigenvalue weighted by molar-refractivity contribution is 0.0520. The molecule has 25 heavy (non-hydrogen) atoms. The fraction of sp³-hybridized carbons (Fsp3) is 0.438. The van der Waals surface area contributed by atoms with Gasteiger partial charge in [-0.25, -0.2) is 9.78 Å². The highest BCUT2D eigenvalue weighted by Crippen LogP contribution is 2.19. The number of rotatable bonds is 5.